The molecule has 0 radical (unpaired) electrons. The van der Waals surface area contributed by atoms with Crippen LogP contribution in [0.2, 0.25) is 0 Å². The Morgan fingerprint density at radius 1 is 1.11 bits per heavy atom. The second-order valence-corrected chi connectivity index (χ2v) is 42.4. The molecule has 0 spiro atoms. The van der Waals surface area contributed by atoms with E-state index in [1.807, 2.05) is 0 Å². The van der Waals surface area contributed by atoms with Crippen LogP contribution in [-0.4, -0.2) is 26.3 Å². The van der Waals surface area contributed by atoms with Gasteiger partial charge in [0.2, 0.25) is 0 Å². The molecule has 0 heterocycles. The molecule has 0 N–H and O–H groups in total. The minimum absolute atomic E-state index is 0.278. The number of hydrogen-bond acceptors (Lipinski definition) is 0. The zero-order valence-corrected chi connectivity index (χ0v) is 14.5. The SMILES string of the molecule is C=P(C)(C)C.[I][V]([I])[I]. The van der Waals surface area contributed by atoms with Crippen LogP contribution in [-0.2, 0) is 4.92 Å². The van der Waals surface area contributed by atoms with Gasteiger partial charge in [0, 0.05) is 0 Å². The van der Waals surface area contributed by atoms with Crippen molar-refractivity contribution in [1.82, 2.24) is 0 Å². The summed E-state index contributed by atoms with van der Waals surface area (Å²) in [5.41, 5.74) is 0. The first-order valence-electron chi connectivity index (χ1n) is 2.16. The topological polar surface area (TPSA) is 0 Å². The predicted octanol–water partition coefficient (Wildman–Crippen LogP) is 3.98. The fourth-order valence-corrected chi connectivity index (χ4v) is 0. The average molecular weight is 522 g/mol. The van der Waals surface area contributed by atoms with E-state index in [4.69, 9.17) is 0 Å². The van der Waals surface area contributed by atoms with Gasteiger partial charge in [-0.3, -0.25) is 0 Å². The van der Waals surface area contributed by atoms with E-state index in [1.165, 1.54) is 0 Å². The Bertz CT molecular complexity index is 87.0. The van der Waals surface area contributed by atoms with Crippen LogP contribution in [0.25, 0.3) is 0 Å². The summed E-state index contributed by atoms with van der Waals surface area (Å²) in [6.45, 7) is 5.92. The van der Waals surface area contributed by atoms with E-state index in [2.05, 4.69) is 86.2 Å². The van der Waals surface area contributed by atoms with Gasteiger partial charge < -0.3 is 0 Å². The van der Waals surface area contributed by atoms with Crippen LogP contribution in [0.4, 0.5) is 0 Å². The van der Waals surface area contributed by atoms with Crippen molar-refractivity contribution in [2.45, 2.75) is 0 Å². The molecular weight excluding hydrogens is 511 g/mol. The summed E-state index contributed by atoms with van der Waals surface area (Å²) in [5.74, 6) is 0. The molecule has 0 aromatic carbocycles. The molecule has 0 aliphatic heterocycles. The Morgan fingerprint density at radius 2 is 1.11 bits per heavy atom. The predicted molar refractivity (Wildman–Crippen MR) is 73.9 cm³/mol. The summed E-state index contributed by atoms with van der Waals surface area (Å²) in [5, 5.41) is 0. The van der Waals surface area contributed by atoms with Crippen LogP contribution in [0.1, 0.15) is 0 Å². The van der Waals surface area contributed by atoms with E-state index >= 15 is 0 Å². The van der Waals surface area contributed by atoms with E-state index in [0.717, 1.165) is 0 Å². The van der Waals surface area contributed by atoms with Crippen molar-refractivity contribution in [2.24, 2.45) is 0 Å². The molecule has 0 aliphatic carbocycles. The van der Waals surface area contributed by atoms with Crippen molar-refractivity contribution >= 4 is 73.1 Å². The van der Waals surface area contributed by atoms with Crippen molar-refractivity contribution in [3.63, 3.8) is 0 Å². The second kappa shape index (κ2) is 7.71. The standard InChI is InChI=1S/C4H11P.3HI.V/c1-5(2,3)4;;;;/h1H2,2-4H3;3*1H;/q;;;;+3/p-3. The molecule has 9 heavy (non-hydrogen) atoms. The van der Waals surface area contributed by atoms with Gasteiger partial charge in [-0.25, -0.2) is 0 Å². The monoisotopic (exact) mass is 522 g/mol. The maximum atomic E-state index is 3.88. The Morgan fingerprint density at radius 3 is 1.11 bits per heavy atom. The summed E-state index contributed by atoms with van der Waals surface area (Å²) in [6.07, 6.45) is 3.88. The third-order valence-corrected chi connectivity index (χ3v) is 0. The van der Waals surface area contributed by atoms with E-state index < -0.39 is 6.89 Å². The zero-order valence-electron chi connectivity index (χ0n) is 5.74. The number of halogens is 3. The first-order valence-corrected chi connectivity index (χ1v) is 19.0. The molecular formula is C4H11I3PV. The quantitative estimate of drug-likeness (QED) is 0.334. The fourth-order valence-electron chi connectivity index (χ4n) is 0. The fraction of sp³-hybridized carbons (Fsp3) is 0.750. The van der Waals surface area contributed by atoms with Crippen LogP contribution in [0.5, 0.6) is 0 Å². The van der Waals surface area contributed by atoms with Crippen molar-refractivity contribution < 1.29 is 4.92 Å². The third-order valence-electron chi connectivity index (χ3n) is 0. The Hall–Kier alpha value is 3.07. The summed E-state index contributed by atoms with van der Waals surface area (Å²) < 4.78 is 0. The average Bonchev–Trinajstić information content (AvgIpc) is 1.19. The molecule has 0 rings (SSSR count). The van der Waals surface area contributed by atoms with Crippen LogP contribution >= 0.6 is 66.8 Å². The van der Waals surface area contributed by atoms with E-state index in [1.54, 1.807) is 0 Å². The van der Waals surface area contributed by atoms with Gasteiger partial charge in [-0.15, -0.1) is 13.2 Å². The summed E-state index contributed by atoms with van der Waals surface area (Å²) in [7, 11) is 0. The summed E-state index contributed by atoms with van der Waals surface area (Å²) in [4.78, 5) is -0.278. The van der Waals surface area contributed by atoms with Crippen LogP contribution < -0.4 is 0 Å². The van der Waals surface area contributed by atoms with Gasteiger partial charge in [-0.05, 0) is 20.0 Å². The first-order chi connectivity index (χ1) is 3.73. The molecule has 0 aliphatic rings. The van der Waals surface area contributed by atoms with Gasteiger partial charge in [-0.2, -0.15) is 0 Å². The molecule has 0 saturated carbocycles. The van der Waals surface area contributed by atoms with Gasteiger partial charge in [0.15, 0.2) is 0 Å². The molecule has 0 aromatic rings. The molecule has 0 atom stereocenters. The maximum absolute atomic E-state index is 3.88. The van der Waals surface area contributed by atoms with Crippen molar-refractivity contribution in [2.75, 3.05) is 20.0 Å². The zero-order chi connectivity index (χ0) is 8.08. The molecule has 0 unspecified atom stereocenters. The molecule has 5 heteroatoms. The molecule has 0 fully saturated rings. The molecule has 0 bridgehead atoms. The van der Waals surface area contributed by atoms with Gasteiger partial charge in [-0.1, -0.05) is 0 Å². The number of hydrogen-bond donors (Lipinski definition) is 0. The molecule has 0 saturated heterocycles. The van der Waals surface area contributed by atoms with E-state index in [0.29, 0.717) is 0 Å². The minimum atomic E-state index is -0.639. The number of rotatable bonds is 0. The Balaban J connectivity index is 0. The molecule has 0 amide bonds. The van der Waals surface area contributed by atoms with E-state index in [9.17, 15) is 0 Å². The van der Waals surface area contributed by atoms with Crippen LogP contribution in [0, 0.1) is 0 Å². The Labute approximate surface area is 96.0 Å². The molecule has 0 nitrogen and oxygen atoms in total. The van der Waals surface area contributed by atoms with Gasteiger partial charge in [0.25, 0.3) is 0 Å². The molecule has 58 valence electrons. The van der Waals surface area contributed by atoms with Crippen LogP contribution in [0.15, 0.2) is 0 Å². The summed E-state index contributed by atoms with van der Waals surface area (Å²) in [6, 6.07) is 0. The van der Waals surface area contributed by atoms with Gasteiger partial charge >= 0.3 is 64.9 Å². The molecule has 0 aromatic heterocycles. The van der Waals surface area contributed by atoms with Crippen molar-refractivity contribution in [3.8, 4) is 0 Å². The first kappa shape index (κ1) is 14.6. The van der Waals surface area contributed by atoms with Crippen molar-refractivity contribution in [3.05, 3.63) is 0 Å². The van der Waals surface area contributed by atoms with Crippen LogP contribution in [0.3, 0.4) is 0 Å². The normalized spacial score (nSPS) is 10.6. The summed E-state index contributed by atoms with van der Waals surface area (Å²) >= 11 is 7.39. The van der Waals surface area contributed by atoms with Gasteiger partial charge in [0.05, 0.1) is 0 Å². The van der Waals surface area contributed by atoms with E-state index in [-0.39, 0.29) is 4.92 Å². The Kier molecular flexibility index (Phi) is 12.5. The van der Waals surface area contributed by atoms with Gasteiger partial charge in [0.1, 0.15) is 0 Å². The third kappa shape index (κ3) is 96.5. The van der Waals surface area contributed by atoms with Crippen molar-refractivity contribution in [1.29, 1.82) is 0 Å². The second-order valence-electron chi connectivity index (χ2n) is 2.48.